The van der Waals surface area contributed by atoms with Gasteiger partial charge in [-0.15, -0.1) is 11.3 Å². The fourth-order valence-electron chi connectivity index (χ4n) is 4.87. The largest absolute Gasteiger partial charge is 0.499 e. The van der Waals surface area contributed by atoms with Crippen molar-refractivity contribution in [3.63, 3.8) is 0 Å². The van der Waals surface area contributed by atoms with Gasteiger partial charge in [-0.05, 0) is 49.5 Å². The van der Waals surface area contributed by atoms with Gasteiger partial charge in [-0.2, -0.15) is 0 Å². The molecular formula is C29H38N4O2S. The fourth-order valence-corrected chi connectivity index (χ4v) is 5.92. The van der Waals surface area contributed by atoms with E-state index in [4.69, 9.17) is 9.47 Å². The van der Waals surface area contributed by atoms with Gasteiger partial charge in [0.1, 0.15) is 10.8 Å². The second-order valence-electron chi connectivity index (χ2n) is 9.35. The summed E-state index contributed by atoms with van der Waals surface area (Å²) in [7, 11) is 5.61. The lowest BCUT2D eigenvalue weighted by Crippen LogP contribution is -2.31. The zero-order valence-electron chi connectivity index (χ0n) is 21.8. The van der Waals surface area contributed by atoms with Crippen LogP contribution in [0.2, 0.25) is 0 Å². The highest BCUT2D eigenvalue weighted by Crippen LogP contribution is 2.38. The summed E-state index contributed by atoms with van der Waals surface area (Å²) in [5.41, 5.74) is 5.78. The molecule has 1 aromatic heterocycles. The summed E-state index contributed by atoms with van der Waals surface area (Å²) >= 11 is 1.68. The molecule has 36 heavy (non-hydrogen) atoms. The zero-order chi connectivity index (χ0) is 25.5. The number of dihydropyridines is 1. The van der Waals surface area contributed by atoms with E-state index in [-0.39, 0.29) is 0 Å². The van der Waals surface area contributed by atoms with Gasteiger partial charge in [0.2, 0.25) is 0 Å². The number of thiophene rings is 1. The Morgan fingerprint density at radius 3 is 2.81 bits per heavy atom. The third kappa shape index (κ3) is 6.27. The van der Waals surface area contributed by atoms with Crippen LogP contribution in [0, 0.1) is 0 Å². The van der Waals surface area contributed by atoms with Crippen molar-refractivity contribution in [1.82, 2.24) is 15.5 Å². The average Bonchev–Trinajstić information content (AvgIpc) is 3.55. The molecule has 1 saturated carbocycles. The standard InChI is InChI=1S/C29H38N4O2S/c1-6-31-29-28(15-27(36-29)19-34-4)20(2)33(3)25-12-11-24(14-25)32-16-21-7-9-22(10-8-21)23-13-26(35-5)18-30-17-23/h6-10,13,15,17,24-25,30,32H,2,11-12,14,16,18-19H2,1,3-5H3. The monoisotopic (exact) mass is 506 g/mol. The number of allylic oxidation sites excluding steroid dienone is 2. The van der Waals surface area contributed by atoms with Crippen LogP contribution in [0.3, 0.4) is 0 Å². The molecule has 2 aliphatic rings. The normalized spacial score (nSPS) is 19.7. The maximum Gasteiger partial charge on any atom is 0.125 e. The van der Waals surface area contributed by atoms with Crippen LogP contribution in [0.1, 0.15) is 47.8 Å². The maximum absolute atomic E-state index is 5.38. The van der Waals surface area contributed by atoms with Gasteiger partial charge < -0.3 is 25.0 Å². The topological polar surface area (TPSA) is 58.1 Å². The van der Waals surface area contributed by atoms with Gasteiger partial charge in [0, 0.05) is 66.9 Å². The molecule has 1 aliphatic heterocycles. The Kier molecular flexibility index (Phi) is 9.02. The number of hydrogen-bond donors (Lipinski definition) is 2. The number of nitrogens with one attached hydrogen (secondary N) is 2. The Morgan fingerprint density at radius 1 is 1.28 bits per heavy atom. The summed E-state index contributed by atoms with van der Waals surface area (Å²) in [6, 6.07) is 11.9. The first kappa shape index (κ1) is 26.2. The summed E-state index contributed by atoms with van der Waals surface area (Å²) in [4.78, 5) is 8.10. The quantitative estimate of drug-likeness (QED) is 0.383. The van der Waals surface area contributed by atoms with E-state index in [0.29, 0.717) is 18.7 Å². The van der Waals surface area contributed by atoms with Crippen LogP contribution in [0.15, 0.2) is 59.9 Å². The molecule has 192 valence electrons. The first-order valence-electron chi connectivity index (χ1n) is 12.6. The number of aliphatic imine (C=N–C) groups is 1. The molecule has 1 fully saturated rings. The van der Waals surface area contributed by atoms with E-state index in [9.17, 15) is 0 Å². The predicted molar refractivity (Wildman–Crippen MR) is 151 cm³/mol. The van der Waals surface area contributed by atoms with E-state index < -0.39 is 0 Å². The molecule has 1 aromatic carbocycles. The molecular weight excluding hydrogens is 468 g/mol. The van der Waals surface area contributed by atoms with Crippen molar-refractivity contribution >= 4 is 33.8 Å². The average molecular weight is 507 g/mol. The Labute approximate surface area is 219 Å². The van der Waals surface area contributed by atoms with Crippen LogP contribution >= 0.6 is 11.3 Å². The molecule has 0 spiro atoms. The van der Waals surface area contributed by atoms with Crippen LogP contribution in [0.5, 0.6) is 0 Å². The molecule has 2 heterocycles. The molecule has 0 radical (unpaired) electrons. The van der Waals surface area contributed by atoms with Crippen LogP contribution in [-0.4, -0.2) is 51.0 Å². The Balaban J connectivity index is 1.31. The van der Waals surface area contributed by atoms with Crippen LogP contribution in [0.4, 0.5) is 5.00 Å². The first-order chi connectivity index (χ1) is 17.5. The predicted octanol–water partition coefficient (Wildman–Crippen LogP) is 5.70. The van der Waals surface area contributed by atoms with Gasteiger partial charge >= 0.3 is 0 Å². The van der Waals surface area contributed by atoms with E-state index in [2.05, 4.69) is 70.6 Å². The number of ether oxygens (including phenoxy) is 2. The van der Waals surface area contributed by atoms with Crippen molar-refractivity contribution in [3.05, 3.63) is 76.5 Å². The van der Waals surface area contributed by atoms with Gasteiger partial charge in [0.05, 0.1) is 20.3 Å². The number of rotatable bonds is 11. The van der Waals surface area contributed by atoms with Crippen LogP contribution < -0.4 is 10.6 Å². The molecule has 2 atom stereocenters. The lowest BCUT2D eigenvalue weighted by atomic mass is 10.0. The van der Waals surface area contributed by atoms with Gasteiger partial charge in [-0.3, -0.25) is 0 Å². The minimum atomic E-state index is 0.467. The molecule has 6 nitrogen and oxygen atoms in total. The third-order valence-corrected chi connectivity index (χ3v) is 8.00. The zero-order valence-corrected chi connectivity index (χ0v) is 22.7. The van der Waals surface area contributed by atoms with Crippen molar-refractivity contribution in [2.24, 2.45) is 4.99 Å². The lowest BCUT2D eigenvalue weighted by Gasteiger charge is -2.29. The molecule has 2 unspecified atom stereocenters. The van der Waals surface area contributed by atoms with Crippen molar-refractivity contribution < 1.29 is 9.47 Å². The molecule has 1 aliphatic carbocycles. The summed E-state index contributed by atoms with van der Waals surface area (Å²) in [6.07, 6.45) is 9.42. The fraction of sp³-hybridized carbons (Fsp3) is 0.414. The Hall–Kier alpha value is -2.87. The van der Waals surface area contributed by atoms with Gasteiger partial charge in [-0.1, -0.05) is 30.8 Å². The smallest absolute Gasteiger partial charge is 0.125 e. The van der Waals surface area contributed by atoms with E-state index in [1.54, 1.807) is 25.6 Å². The SMILES string of the molecule is C=C(c1cc(COC)sc1N=CC)N(C)C1CCC(NCc2ccc(C3=CNCC(OC)=C3)cc2)C1. The highest BCUT2D eigenvalue weighted by Gasteiger charge is 2.29. The minimum Gasteiger partial charge on any atom is -0.499 e. The molecule has 0 saturated heterocycles. The summed E-state index contributed by atoms with van der Waals surface area (Å²) < 4.78 is 10.7. The van der Waals surface area contributed by atoms with Crippen LogP contribution in [-0.2, 0) is 22.6 Å². The molecule has 0 amide bonds. The number of hydrogen-bond acceptors (Lipinski definition) is 7. The number of benzene rings is 1. The van der Waals surface area contributed by atoms with Crippen molar-refractivity contribution in [2.75, 3.05) is 27.8 Å². The van der Waals surface area contributed by atoms with Crippen molar-refractivity contribution in [1.29, 1.82) is 0 Å². The van der Waals surface area contributed by atoms with E-state index in [0.717, 1.165) is 53.5 Å². The van der Waals surface area contributed by atoms with Gasteiger partial charge in [0.15, 0.2) is 0 Å². The maximum atomic E-state index is 5.38. The number of nitrogens with zero attached hydrogens (tertiary/aromatic N) is 2. The molecule has 2 aromatic rings. The second kappa shape index (κ2) is 12.4. The highest BCUT2D eigenvalue weighted by atomic mass is 32.1. The third-order valence-electron chi connectivity index (χ3n) is 6.98. The molecule has 4 rings (SSSR count). The second-order valence-corrected chi connectivity index (χ2v) is 10.5. The first-order valence-corrected chi connectivity index (χ1v) is 13.4. The van der Waals surface area contributed by atoms with Crippen molar-refractivity contribution in [3.8, 4) is 0 Å². The van der Waals surface area contributed by atoms with E-state index in [1.807, 2.05) is 19.3 Å². The number of methoxy groups -OCH3 is 2. The molecule has 7 heteroatoms. The summed E-state index contributed by atoms with van der Waals surface area (Å²) in [5.74, 6) is 0.949. The van der Waals surface area contributed by atoms with Crippen LogP contribution in [0.25, 0.3) is 11.3 Å². The highest BCUT2D eigenvalue weighted by molar-refractivity contribution is 7.16. The van der Waals surface area contributed by atoms with Gasteiger partial charge in [0.25, 0.3) is 0 Å². The lowest BCUT2D eigenvalue weighted by molar-refractivity contribution is 0.187. The summed E-state index contributed by atoms with van der Waals surface area (Å²) in [6.45, 7) is 8.60. The van der Waals surface area contributed by atoms with Crippen molar-refractivity contribution in [2.45, 2.75) is 51.4 Å². The Bertz CT molecular complexity index is 1130. The Morgan fingerprint density at radius 2 is 2.08 bits per heavy atom. The summed E-state index contributed by atoms with van der Waals surface area (Å²) in [5, 5.41) is 8.05. The van der Waals surface area contributed by atoms with Gasteiger partial charge in [-0.25, -0.2) is 4.99 Å². The molecule has 0 bridgehead atoms. The molecule has 2 N–H and O–H groups in total. The van der Waals surface area contributed by atoms with E-state index in [1.165, 1.54) is 22.4 Å². The van der Waals surface area contributed by atoms with E-state index >= 15 is 0 Å². The minimum absolute atomic E-state index is 0.467.